The average molecular weight is 1240 g/mol. The minimum Gasteiger partial charge on any atom is -0.490 e. The first-order valence-electron chi connectivity index (χ1n) is 28.1. The van der Waals surface area contributed by atoms with Crippen LogP contribution in [-0.2, 0) is 84.4 Å². The number of aliphatic hydroxyl groups excluding tert-OH is 1. The topological polar surface area (TPSA) is 323 Å². The van der Waals surface area contributed by atoms with Crippen molar-refractivity contribution in [1.82, 2.24) is 0 Å². The summed E-state index contributed by atoms with van der Waals surface area (Å²) in [5.41, 5.74) is 1.43. The lowest BCUT2D eigenvalue weighted by Crippen LogP contribution is -2.33. The van der Waals surface area contributed by atoms with Gasteiger partial charge in [-0.3, -0.25) is 33.6 Å². The molecular weight excluding hydrogens is 1170 g/mol. The number of thioether (sulfide) groups is 2. The Morgan fingerprint density at radius 1 is 0.552 bits per heavy atom. The number of carbonyl (C=O) groups is 9. The first-order valence-corrected chi connectivity index (χ1v) is 29.8. The van der Waals surface area contributed by atoms with E-state index in [-0.39, 0.29) is 94.8 Å². The van der Waals surface area contributed by atoms with Crippen molar-refractivity contribution < 1.29 is 100 Å². The molecular formula is C62H66N2O21S2. The molecule has 462 valence electrons. The summed E-state index contributed by atoms with van der Waals surface area (Å²) in [6.07, 6.45) is 3.48. The van der Waals surface area contributed by atoms with Gasteiger partial charge in [-0.15, -0.1) is 0 Å². The zero-order chi connectivity index (χ0) is 62.7. The zero-order valence-electron chi connectivity index (χ0n) is 47.8. The molecule has 1 heterocycles. The van der Waals surface area contributed by atoms with Gasteiger partial charge in [0.15, 0.2) is 17.8 Å². The van der Waals surface area contributed by atoms with E-state index in [4.69, 9.17) is 52.1 Å². The van der Waals surface area contributed by atoms with Crippen LogP contribution in [0.15, 0.2) is 99.5 Å². The van der Waals surface area contributed by atoms with Crippen molar-refractivity contribution in [2.24, 2.45) is 23.7 Å². The number of esters is 9. The van der Waals surface area contributed by atoms with Gasteiger partial charge in [0.2, 0.25) is 0 Å². The lowest BCUT2D eigenvalue weighted by atomic mass is 9.81. The third-order valence-corrected chi connectivity index (χ3v) is 16.4. The van der Waals surface area contributed by atoms with E-state index < -0.39 is 83.7 Å². The summed E-state index contributed by atoms with van der Waals surface area (Å²) in [6, 6.07) is 18.8. The number of benzene rings is 3. The van der Waals surface area contributed by atoms with Crippen LogP contribution in [-0.4, -0.2) is 111 Å². The number of allylic oxidation sites excluding steroid dienone is 1. The van der Waals surface area contributed by atoms with Crippen molar-refractivity contribution in [3.63, 3.8) is 0 Å². The molecule has 1 unspecified atom stereocenters. The number of fused-ring (bicyclic) bond motifs is 1. The molecule has 1 atom stereocenters. The van der Waals surface area contributed by atoms with Gasteiger partial charge in [-0.2, -0.15) is 10.5 Å². The van der Waals surface area contributed by atoms with E-state index in [1.54, 1.807) is 55.5 Å². The number of ether oxygens (including phenoxy) is 11. The second-order valence-corrected chi connectivity index (χ2v) is 22.0. The van der Waals surface area contributed by atoms with E-state index in [2.05, 4.69) is 13.2 Å². The summed E-state index contributed by atoms with van der Waals surface area (Å²) < 4.78 is 59.7. The van der Waals surface area contributed by atoms with Crippen LogP contribution in [0.2, 0.25) is 0 Å². The molecule has 2 saturated carbocycles. The highest BCUT2D eigenvalue weighted by molar-refractivity contribution is 8.24. The number of carbonyl (C=O) groups excluding carboxylic acids is 9. The second-order valence-electron chi connectivity index (χ2n) is 19.7. The van der Waals surface area contributed by atoms with E-state index in [0.717, 1.165) is 46.8 Å². The molecule has 3 aliphatic rings. The number of hydrogen-bond acceptors (Lipinski definition) is 25. The molecule has 3 aromatic carbocycles. The largest absolute Gasteiger partial charge is 0.490 e. The monoisotopic (exact) mass is 1240 g/mol. The van der Waals surface area contributed by atoms with Crippen LogP contribution >= 0.6 is 23.5 Å². The minimum atomic E-state index is -1.35. The Hall–Kier alpha value is -8.65. The van der Waals surface area contributed by atoms with E-state index in [9.17, 15) is 58.8 Å². The molecule has 6 rings (SSSR count). The molecule has 0 spiro atoms. The average Bonchev–Trinajstić information content (AvgIpc) is 2.17. The van der Waals surface area contributed by atoms with Crippen LogP contribution in [0.1, 0.15) is 95.1 Å². The molecule has 1 aliphatic heterocycles. The van der Waals surface area contributed by atoms with Gasteiger partial charge < -0.3 is 57.2 Å². The van der Waals surface area contributed by atoms with Crippen molar-refractivity contribution in [2.45, 2.75) is 113 Å². The van der Waals surface area contributed by atoms with Crippen molar-refractivity contribution in [3.05, 3.63) is 101 Å². The molecule has 0 bridgehead atoms. The molecule has 2 fully saturated rings. The minimum absolute atomic E-state index is 0.0474. The second kappa shape index (κ2) is 35.1. The Labute approximate surface area is 510 Å². The quantitative estimate of drug-likeness (QED) is 0.0120. The first-order chi connectivity index (χ1) is 42.0. The van der Waals surface area contributed by atoms with Crippen LogP contribution in [0.4, 0.5) is 0 Å². The Balaban J connectivity index is 0.943. The van der Waals surface area contributed by atoms with Crippen molar-refractivity contribution in [2.75, 3.05) is 46.2 Å². The highest BCUT2D eigenvalue weighted by Gasteiger charge is 2.38. The van der Waals surface area contributed by atoms with E-state index >= 15 is 0 Å². The Morgan fingerprint density at radius 2 is 0.943 bits per heavy atom. The summed E-state index contributed by atoms with van der Waals surface area (Å²) in [7, 11) is 0. The van der Waals surface area contributed by atoms with Crippen molar-refractivity contribution in [1.29, 1.82) is 10.5 Å². The smallest absolute Gasteiger partial charge is 0.330 e. The molecule has 2 aliphatic carbocycles. The standard InChI is InChI=1S/C62H66N2O21S2/c1-4-49(65)78-31-33-80-53(69)25-23-51(67)76-29-27-38-7-19-45(20-8-38)82-58(71)40-11-15-42(16-12-40)60(73)84-48-35-47(75-6-3)55(57-56(48)86-62(87-57)44(36-63)37-64)85-61(74)43-17-13-41(14-18-43)59(72)83-46-21-9-39(10-22-46)28-30-77-52(68)24-26-54(70)81-34-32-79-50(66)5-2/h4-5,7-10,19-22,35,40-43,60,73H,1-2,6,11-18,23-34H2,3H3. The highest BCUT2D eigenvalue weighted by Crippen LogP contribution is 2.61. The predicted molar refractivity (Wildman–Crippen MR) is 307 cm³/mol. The lowest BCUT2D eigenvalue weighted by Gasteiger charge is -2.31. The summed E-state index contributed by atoms with van der Waals surface area (Å²) in [4.78, 5) is 111. The van der Waals surface area contributed by atoms with Crippen LogP contribution in [0.25, 0.3) is 0 Å². The fourth-order valence-corrected chi connectivity index (χ4v) is 11.6. The van der Waals surface area contributed by atoms with Gasteiger partial charge in [0, 0.05) is 37.0 Å². The summed E-state index contributed by atoms with van der Waals surface area (Å²) in [6.45, 7) is 7.94. The highest BCUT2D eigenvalue weighted by atomic mass is 32.2. The van der Waals surface area contributed by atoms with Crippen molar-refractivity contribution in [3.8, 4) is 40.9 Å². The summed E-state index contributed by atoms with van der Waals surface area (Å²) in [5, 5.41) is 31.2. The number of rotatable bonds is 31. The Kier molecular flexibility index (Phi) is 27.2. The maximum atomic E-state index is 14.0. The number of aliphatic hydroxyl groups is 1. The fourth-order valence-electron chi connectivity index (χ4n) is 9.08. The molecule has 23 nitrogen and oxygen atoms in total. The fraction of sp³-hybridized carbons (Fsp3) is 0.435. The van der Waals surface area contributed by atoms with Gasteiger partial charge in [-0.05, 0) is 93.7 Å². The Morgan fingerprint density at radius 3 is 1.36 bits per heavy atom. The molecule has 25 heteroatoms. The van der Waals surface area contributed by atoms with Crippen LogP contribution in [0.3, 0.4) is 0 Å². The number of nitriles is 2. The van der Waals surface area contributed by atoms with Gasteiger partial charge >= 0.3 is 53.7 Å². The third kappa shape index (κ3) is 21.7. The maximum absolute atomic E-state index is 14.0. The van der Waals surface area contributed by atoms with Gasteiger partial charge in [-0.1, -0.05) is 60.9 Å². The van der Waals surface area contributed by atoms with Gasteiger partial charge in [0.05, 0.1) is 77.3 Å². The summed E-state index contributed by atoms with van der Waals surface area (Å²) >= 11 is 2.09. The number of hydrogen-bond donors (Lipinski definition) is 1. The van der Waals surface area contributed by atoms with E-state index in [1.807, 2.05) is 12.1 Å². The van der Waals surface area contributed by atoms with Gasteiger partial charge in [-0.25, -0.2) is 9.59 Å². The molecule has 87 heavy (non-hydrogen) atoms. The van der Waals surface area contributed by atoms with Crippen LogP contribution in [0, 0.1) is 46.3 Å². The zero-order valence-corrected chi connectivity index (χ0v) is 49.5. The summed E-state index contributed by atoms with van der Waals surface area (Å²) in [5.74, 6) is -6.17. The molecule has 3 aromatic rings. The van der Waals surface area contributed by atoms with E-state index in [0.29, 0.717) is 89.7 Å². The Bertz CT molecular complexity index is 3080. The van der Waals surface area contributed by atoms with Gasteiger partial charge in [0.1, 0.15) is 61.4 Å². The first kappa shape index (κ1) is 67.5. The van der Waals surface area contributed by atoms with Crippen molar-refractivity contribution >= 4 is 77.2 Å². The molecule has 0 radical (unpaired) electrons. The predicted octanol–water partition coefficient (Wildman–Crippen LogP) is 8.25. The maximum Gasteiger partial charge on any atom is 0.330 e. The van der Waals surface area contributed by atoms with Crippen LogP contribution in [0.5, 0.6) is 28.7 Å². The normalized spacial score (nSPS) is 16.9. The molecule has 0 aromatic heterocycles. The number of nitrogens with zero attached hydrogens (tertiary/aromatic N) is 2. The van der Waals surface area contributed by atoms with Gasteiger partial charge in [0.25, 0.3) is 0 Å². The van der Waals surface area contributed by atoms with E-state index in [1.165, 1.54) is 6.07 Å². The molecule has 1 N–H and O–H groups in total. The SMILES string of the molecule is C=CC(=O)OCCOC(=O)CCC(=O)OCCc1ccc(OC(=O)C2CCC(C(=O)Oc3c(OCC)cc(OC(O)C4CCC(C(=O)Oc5ccc(CCOC(=O)CCC(=O)OCCOC(=O)C=C)cc5)CC4)c4c3SC(=C(C#N)C#N)S4)CC2)cc1. The molecule has 0 saturated heterocycles. The third-order valence-electron chi connectivity index (χ3n) is 13.8. The molecule has 0 amide bonds. The van der Waals surface area contributed by atoms with Crippen LogP contribution < -0.4 is 23.7 Å². The lowest BCUT2D eigenvalue weighted by molar-refractivity contribution is -0.152.